The number of carboxylic acids is 1. The second kappa shape index (κ2) is 20.6. The fourth-order valence-corrected chi connectivity index (χ4v) is 8.78. The van der Waals surface area contributed by atoms with Gasteiger partial charge in [-0.2, -0.15) is 71.6 Å². The topological polar surface area (TPSA) is 539 Å². The molecule has 2 rings (SSSR count). The van der Waals surface area contributed by atoms with Gasteiger partial charge in [-0.25, -0.2) is 34.1 Å². The first-order valence-electron chi connectivity index (χ1n) is 14.8. The van der Waals surface area contributed by atoms with Crippen LogP contribution in [0.3, 0.4) is 0 Å². The van der Waals surface area contributed by atoms with Gasteiger partial charge in [0.1, 0.15) is 54.9 Å². The van der Waals surface area contributed by atoms with Crippen molar-refractivity contribution in [2.24, 2.45) is 0 Å². The third kappa shape index (κ3) is 20.3. The molecule has 9 N–H and O–H groups in total. The van der Waals surface area contributed by atoms with Crippen LogP contribution in [0.2, 0.25) is 0 Å². The predicted molar refractivity (Wildman–Crippen MR) is 182 cm³/mol. The molecule has 0 spiro atoms. The van der Waals surface area contributed by atoms with Gasteiger partial charge in [-0.1, -0.05) is 0 Å². The molecule has 0 radical (unpaired) electrons. The molecule has 0 aromatic rings. The summed E-state index contributed by atoms with van der Waals surface area (Å²) in [4.78, 5) is 23.5. The van der Waals surface area contributed by atoms with Gasteiger partial charge in [-0.3, -0.25) is 36.7 Å². The minimum absolute atomic E-state index is 0.805. The summed E-state index contributed by atoms with van der Waals surface area (Å²) < 4.78 is 277. The number of ether oxygens (including phenoxy) is 3. The quantitative estimate of drug-likeness (QED) is 0.0336. The van der Waals surface area contributed by atoms with Crippen molar-refractivity contribution < 1.29 is 149 Å². The highest BCUT2D eigenvalue weighted by atomic mass is 32.3. The van der Waals surface area contributed by atoms with Crippen LogP contribution in [0.15, 0.2) is 0 Å². The Morgan fingerprint density at radius 2 is 0.918 bits per heavy atom. The summed E-state index contributed by atoms with van der Waals surface area (Å²) in [6.07, 6.45) is -31.3. The zero-order valence-electron chi connectivity index (χ0n) is 29.0. The Bertz CT molecular complexity index is 2370. The molecule has 0 saturated carbocycles. The molecule has 35 nitrogen and oxygen atoms in total. The number of nitrogens with one attached hydrogen (secondary N) is 1. The first-order valence-corrected chi connectivity index (χ1v) is 24.9. The van der Waals surface area contributed by atoms with Gasteiger partial charge in [0.15, 0.2) is 12.4 Å². The Kier molecular flexibility index (Phi) is 18.7. The molecule has 1 amide bonds. The van der Waals surface area contributed by atoms with Crippen LogP contribution < -0.4 is 5.32 Å². The lowest BCUT2D eigenvalue weighted by atomic mass is 9.91. The van der Waals surface area contributed by atoms with E-state index in [1.165, 1.54) is 0 Å². The SMILES string of the molecule is CC(=O)NC(CC(S)[C@@H]1O[C@H](COS(=O)(=O)O)[C@@H](O[C@H]2O[C@H](COS(=O)(=O)O)[C@@H](OS(=O)(=O)O)[C@H](OS(=O)(=O)O)[C@H]2OS(=O)(=O)O)[C@H](OS(=O)(=O)O)[C@H]1OS(=O)(=O)O)C(=O)O. The van der Waals surface area contributed by atoms with E-state index in [1.807, 2.05) is 5.32 Å². The molecule has 61 heavy (non-hydrogen) atoms. The van der Waals surface area contributed by atoms with Crippen LogP contribution in [0.25, 0.3) is 0 Å². The average Bonchev–Trinajstić information content (AvgIpc) is 2.99. The molecular weight excluding hydrogens is 1030 g/mol. The van der Waals surface area contributed by atoms with E-state index in [0.29, 0.717) is 0 Å². The van der Waals surface area contributed by atoms with Gasteiger partial charge in [0.2, 0.25) is 5.91 Å². The van der Waals surface area contributed by atoms with Gasteiger partial charge in [0.25, 0.3) is 0 Å². The molecule has 2 aliphatic heterocycles. The molecule has 0 aromatic carbocycles. The average molecular weight is 1060 g/mol. The van der Waals surface area contributed by atoms with Gasteiger partial charge in [-0.15, -0.1) is 0 Å². The van der Waals surface area contributed by atoms with E-state index >= 15 is 0 Å². The summed E-state index contributed by atoms with van der Waals surface area (Å²) in [6.45, 7) is -2.90. The van der Waals surface area contributed by atoms with E-state index in [2.05, 4.69) is 41.9 Å². The lowest BCUT2D eigenvalue weighted by Gasteiger charge is -2.49. The lowest BCUT2D eigenvalue weighted by Crippen LogP contribution is -2.68. The van der Waals surface area contributed by atoms with E-state index in [1.54, 1.807) is 0 Å². The summed E-state index contributed by atoms with van der Waals surface area (Å²) in [7, 11) is -42.0. The second-order valence-corrected chi connectivity index (χ2v) is 19.6. The molecule has 2 unspecified atom stereocenters. The molecule has 2 fully saturated rings. The minimum Gasteiger partial charge on any atom is -0.480 e. The first kappa shape index (κ1) is 55.4. The number of thiol groups is 1. The fourth-order valence-electron chi connectivity index (χ4n) is 5.23. The highest BCUT2D eigenvalue weighted by Gasteiger charge is 2.59. The Morgan fingerprint density at radius 3 is 1.30 bits per heavy atom. The summed E-state index contributed by atoms with van der Waals surface area (Å²) in [5.74, 6) is -2.88. The molecular formula is C18H31NO34S8. The second-order valence-electron chi connectivity index (χ2n) is 11.5. The van der Waals surface area contributed by atoms with Gasteiger partial charge < -0.3 is 24.6 Å². The van der Waals surface area contributed by atoms with Crippen molar-refractivity contribution in [3.8, 4) is 0 Å². The van der Waals surface area contributed by atoms with Gasteiger partial charge >= 0.3 is 78.8 Å². The van der Waals surface area contributed by atoms with Crippen molar-refractivity contribution in [3.63, 3.8) is 0 Å². The number of hydrogen-bond acceptors (Lipinski definition) is 27. The van der Waals surface area contributed by atoms with Crippen LogP contribution >= 0.6 is 12.6 Å². The summed E-state index contributed by atoms with van der Waals surface area (Å²) in [6, 6.07) is -2.02. The Hall–Kier alpha value is -1.74. The summed E-state index contributed by atoms with van der Waals surface area (Å²) in [5, 5.41) is 9.47. The molecule has 12 atom stereocenters. The summed E-state index contributed by atoms with van der Waals surface area (Å²) in [5.41, 5.74) is 0. The standard InChI is InChI=1S/C18H31NO34S8/c1-5(20)19-6(17(21)22)2-9(54)12-15(52-60(38,39)40)13(50-58(32,33)34)10(7(46-12)3-44-55(23,24)25)48-18-16(53-61(41,42)43)14(51-59(35,36)37)11(49-57(29,30)31)8(47-18)4-45-56(26,27)28/h6-16,18,54H,2-4H2,1H3,(H,19,20)(H,21,22)(H,23,24,25)(H,26,27,28)(H,29,30,31)(H,32,33,34)(H,35,36,37)(H,38,39,40)(H,41,42,43)/t6?,7-,8-,9?,10-,11-,12+,13+,14+,15+,16-,18-/m1/s1. The predicted octanol–water partition coefficient (Wildman–Crippen LogP) is -6.28. The van der Waals surface area contributed by atoms with Gasteiger partial charge in [0, 0.05) is 12.2 Å². The van der Waals surface area contributed by atoms with Crippen molar-refractivity contribution in [2.45, 2.75) is 85.9 Å². The number of carbonyl (C=O) groups is 2. The van der Waals surface area contributed by atoms with E-state index in [0.717, 1.165) is 6.92 Å². The van der Waals surface area contributed by atoms with Gasteiger partial charge in [-0.05, 0) is 6.42 Å². The van der Waals surface area contributed by atoms with E-state index < -0.39 is 177 Å². The molecule has 0 bridgehead atoms. The number of carboxylic acid groups (broad SMARTS) is 1. The number of aliphatic carboxylic acids is 1. The molecule has 0 aliphatic carbocycles. The third-order valence-corrected chi connectivity index (χ3v) is 10.7. The first-order chi connectivity index (χ1) is 27.1. The molecule has 2 saturated heterocycles. The van der Waals surface area contributed by atoms with Crippen LogP contribution in [0.4, 0.5) is 0 Å². The van der Waals surface area contributed by atoms with Gasteiger partial charge in [0.05, 0.1) is 13.2 Å². The van der Waals surface area contributed by atoms with E-state index in [9.17, 15) is 101 Å². The summed E-state index contributed by atoms with van der Waals surface area (Å²) >= 11 is 4.02. The number of amides is 1. The third-order valence-electron chi connectivity index (χ3n) is 7.01. The van der Waals surface area contributed by atoms with Crippen molar-refractivity contribution in [1.82, 2.24) is 5.32 Å². The van der Waals surface area contributed by atoms with Crippen molar-refractivity contribution in [3.05, 3.63) is 0 Å². The lowest BCUT2D eigenvalue weighted by molar-refractivity contribution is -0.329. The van der Waals surface area contributed by atoms with Crippen molar-refractivity contribution in [1.29, 1.82) is 0 Å². The maximum Gasteiger partial charge on any atom is 0.397 e. The van der Waals surface area contributed by atoms with Crippen molar-refractivity contribution >= 4 is 97.3 Å². The number of rotatable bonds is 23. The van der Waals surface area contributed by atoms with Crippen LogP contribution in [-0.4, -0.2) is 194 Å². The molecule has 2 aliphatic rings. The Labute approximate surface area is 349 Å². The molecule has 43 heteroatoms. The zero-order chi connectivity index (χ0) is 47.5. The smallest absolute Gasteiger partial charge is 0.397 e. The van der Waals surface area contributed by atoms with Crippen LogP contribution in [0.5, 0.6) is 0 Å². The maximum absolute atomic E-state index is 12.2. The van der Waals surface area contributed by atoms with Crippen LogP contribution in [-0.2, 0) is 126 Å². The normalized spacial score (nSPS) is 29.7. The minimum atomic E-state index is -6.19. The van der Waals surface area contributed by atoms with Crippen LogP contribution in [0, 0.1) is 0 Å². The highest BCUT2D eigenvalue weighted by Crippen LogP contribution is 2.38. The fraction of sp³-hybridized carbons (Fsp3) is 0.889. The molecule has 0 aromatic heterocycles. The molecule has 2 heterocycles. The van der Waals surface area contributed by atoms with E-state index in [4.69, 9.17) is 18.8 Å². The highest BCUT2D eigenvalue weighted by molar-refractivity contribution is 7.82. The Balaban J connectivity index is 3.05. The van der Waals surface area contributed by atoms with Crippen molar-refractivity contribution in [2.75, 3.05) is 13.2 Å². The Morgan fingerprint density at radius 1 is 0.557 bits per heavy atom. The van der Waals surface area contributed by atoms with Crippen LogP contribution in [0.1, 0.15) is 13.3 Å². The number of hydrogen-bond donors (Lipinski definition) is 10. The maximum atomic E-state index is 12.2. The zero-order valence-corrected chi connectivity index (χ0v) is 35.7. The van der Waals surface area contributed by atoms with E-state index in [-0.39, 0.29) is 0 Å². The monoisotopic (exact) mass is 1060 g/mol. The molecule has 360 valence electrons. The number of carbonyl (C=O) groups excluding carboxylic acids is 1. The largest absolute Gasteiger partial charge is 0.480 e.